The van der Waals surface area contributed by atoms with Crippen LogP contribution in [0.4, 0.5) is 5.69 Å². The summed E-state index contributed by atoms with van der Waals surface area (Å²) in [6.07, 6.45) is 0.938. The second-order valence-corrected chi connectivity index (χ2v) is 6.67. The number of rotatable bonds is 8. The number of amides is 2. The first-order chi connectivity index (χ1) is 12.9. The van der Waals surface area contributed by atoms with E-state index in [9.17, 15) is 14.4 Å². The van der Waals surface area contributed by atoms with Gasteiger partial charge in [-0.2, -0.15) is 0 Å². The van der Waals surface area contributed by atoms with Crippen molar-refractivity contribution in [3.8, 4) is 0 Å². The maximum absolute atomic E-state index is 12.0. The number of esters is 1. The molecule has 8 heteroatoms. The molecule has 0 bridgehead atoms. The van der Waals surface area contributed by atoms with Crippen LogP contribution in [0.3, 0.4) is 0 Å². The van der Waals surface area contributed by atoms with Crippen molar-refractivity contribution in [1.29, 1.82) is 0 Å². The Balaban J connectivity index is 1.78. The number of nitrogens with one attached hydrogen (secondary N) is 2. The van der Waals surface area contributed by atoms with E-state index in [2.05, 4.69) is 40.4 Å². The number of ether oxygens (including phenoxy) is 1. The molecule has 0 radical (unpaired) electrons. The van der Waals surface area contributed by atoms with E-state index in [-0.39, 0.29) is 12.3 Å². The quantitative estimate of drug-likeness (QED) is 0.617. The molecule has 0 aliphatic heterocycles. The minimum Gasteiger partial charge on any atom is -0.454 e. The zero-order valence-electron chi connectivity index (χ0n) is 15.1. The van der Waals surface area contributed by atoms with Crippen molar-refractivity contribution >= 4 is 39.4 Å². The average molecular weight is 437 g/mol. The van der Waals surface area contributed by atoms with Crippen LogP contribution in [-0.4, -0.2) is 30.9 Å². The summed E-state index contributed by atoms with van der Waals surface area (Å²) in [5.41, 5.74) is 1.72. The number of anilines is 1. The molecule has 2 amide bonds. The summed E-state index contributed by atoms with van der Waals surface area (Å²) < 4.78 is 10.4. The smallest absolute Gasteiger partial charge is 0.325 e. The third-order valence-corrected chi connectivity index (χ3v) is 4.36. The Morgan fingerprint density at radius 1 is 1.19 bits per heavy atom. The van der Waals surface area contributed by atoms with Crippen LogP contribution in [-0.2, 0) is 14.3 Å². The second-order valence-electron chi connectivity index (χ2n) is 5.89. The zero-order valence-corrected chi connectivity index (χ0v) is 16.7. The number of carbonyl (C=O) groups is 3. The lowest BCUT2D eigenvalue weighted by molar-refractivity contribution is -0.146. The molecule has 1 heterocycles. The highest BCUT2D eigenvalue weighted by atomic mass is 79.9. The largest absolute Gasteiger partial charge is 0.454 e. The van der Waals surface area contributed by atoms with E-state index in [4.69, 9.17) is 9.15 Å². The molecule has 1 atom stereocenters. The number of carbonyl (C=O) groups excluding carboxylic acids is 3. The average Bonchev–Trinajstić information content (AvgIpc) is 3.10. The van der Waals surface area contributed by atoms with Gasteiger partial charge in [0.2, 0.25) is 0 Å². The van der Waals surface area contributed by atoms with E-state index in [1.807, 2.05) is 24.3 Å². The molecule has 2 N–H and O–H groups in total. The molecule has 1 unspecified atom stereocenters. The van der Waals surface area contributed by atoms with E-state index in [1.165, 1.54) is 6.07 Å². The van der Waals surface area contributed by atoms with Crippen LogP contribution in [0.25, 0.3) is 0 Å². The van der Waals surface area contributed by atoms with Gasteiger partial charge >= 0.3 is 5.97 Å². The van der Waals surface area contributed by atoms with Crippen LogP contribution in [0.15, 0.2) is 45.5 Å². The van der Waals surface area contributed by atoms with Crippen molar-refractivity contribution < 1.29 is 23.5 Å². The molecule has 27 heavy (non-hydrogen) atoms. The van der Waals surface area contributed by atoms with Crippen molar-refractivity contribution in [2.45, 2.75) is 26.2 Å². The molecule has 1 aromatic carbocycles. The predicted octanol–water partition coefficient (Wildman–Crippen LogP) is 3.47. The first kappa shape index (κ1) is 20.7. The monoisotopic (exact) mass is 436 g/mol. The molecular formula is C19H21BrN2O5. The van der Waals surface area contributed by atoms with Crippen molar-refractivity contribution in [2.75, 3.05) is 18.5 Å². The lowest BCUT2D eigenvalue weighted by Gasteiger charge is -2.15. The summed E-state index contributed by atoms with van der Waals surface area (Å²) in [6.45, 7) is 3.34. The van der Waals surface area contributed by atoms with Crippen molar-refractivity contribution in [3.63, 3.8) is 0 Å². The third-order valence-electron chi connectivity index (χ3n) is 3.93. The highest BCUT2D eigenvalue weighted by Crippen LogP contribution is 2.26. The highest BCUT2D eigenvalue weighted by molar-refractivity contribution is 9.10. The van der Waals surface area contributed by atoms with E-state index >= 15 is 0 Å². The number of para-hydroxylation sites is 1. The van der Waals surface area contributed by atoms with Crippen LogP contribution >= 0.6 is 15.9 Å². The van der Waals surface area contributed by atoms with Crippen LogP contribution in [0.5, 0.6) is 0 Å². The first-order valence-electron chi connectivity index (χ1n) is 8.48. The maximum Gasteiger partial charge on any atom is 0.325 e. The topological polar surface area (TPSA) is 97.6 Å². The Hall–Kier alpha value is -2.61. The molecule has 144 valence electrons. The number of furan rings is 1. The highest BCUT2D eigenvalue weighted by Gasteiger charge is 2.15. The van der Waals surface area contributed by atoms with Gasteiger partial charge in [0.25, 0.3) is 11.8 Å². The fraction of sp³-hybridized carbons (Fsp3) is 0.316. The molecule has 7 nitrogen and oxygen atoms in total. The van der Waals surface area contributed by atoms with Crippen LogP contribution in [0.2, 0.25) is 0 Å². The summed E-state index contributed by atoms with van der Waals surface area (Å²) >= 11 is 3.08. The molecule has 0 aliphatic carbocycles. The molecule has 0 spiro atoms. The molecule has 0 fully saturated rings. The molecule has 2 aromatic rings. The Kier molecular flexibility index (Phi) is 7.60. The lowest BCUT2D eigenvalue weighted by atomic mass is 9.97. The Morgan fingerprint density at radius 2 is 1.93 bits per heavy atom. The molecule has 0 saturated heterocycles. The Morgan fingerprint density at radius 3 is 2.59 bits per heavy atom. The predicted molar refractivity (Wildman–Crippen MR) is 103 cm³/mol. The summed E-state index contributed by atoms with van der Waals surface area (Å²) in [6, 6.07) is 10.5. The van der Waals surface area contributed by atoms with Gasteiger partial charge in [-0.3, -0.25) is 14.4 Å². The van der Waals surface area contributed by atoms with Gasteiger partial charge in [0.1, 0.15) is 6.54 Å². The van der Waals surface area contributed by atoms with Crippen LogP contribution in [0.1, 0.15) is 42.3 Å². The van der Waals surface area contributed by atoms with Gasteiger partial charge < -0.3 is 19.8 Å². The van der Waals surface area contributed by atoms with Crippen molar-refractivity contribution in [2.24, 2.45) is 0 Å². The van der Waals surface area contributed by atoms with Crippen LogP contribution in [0, 0.1) is 0 Å². The summed E-state index contributed by atoms with van der Waals surface area (Å²) in [4.78, 5) is 35.5. The third kappa shape index (κ3) is 6.25. The van der Waals surface area contributed by atoms with E-state index in [0.29, 0.717) is 16.3 Å². The molecule has 0 saturated carbocycles. The summed E-state index contributed by atoms with van der Waals surface area (Å²) in [5.74, 6) is -1.36. The molecule has 2 rings (SSSR count). The Labute approximate surface area is 165 Å². The van der Waals surface area contributed by atoms with Gasteiger partial charge in [-0.1, -0.05) is 32.0 Å². The Bertz CT molecular complexity index is 818. The van der Waals surface area contributed by atoms with Gasteiger partial charge in [-0.15, -0.1) is 0 Å². The van der Waals surface area contributed by atoms with Gasteiger partial charge in [0, 0.05) is 5.69 Å². The minimum absolute atomic E-state index is 0.0640. The van der Waals surface area contributed by atoms with Gasteiger partial charge in [-0.05, 0) is 52.0 Å². The number of halogens is 1. The minimum atomic E-state index is -0.723. The first-order valence-corrected chi connectivity index (χ1v) is 9.28. The second kappa shape index (κ2) is 9.91. The van der Waals surface area contributed by atoms with Gasteiger partial charge in [0.05, 0.1) is 0 Å². The number of benzene rings is 1. The van der Waals surface area contributed by atoms with E-state index < -0.39 is 24.4 Å². The lowest BCUT2D eigenvalue weighted by Crippen LogP contribution is -2.32. The van der Waals surface area contributed by atoms with E-state index in [1.54, 1.807) is 6.07 Å². The van der Waals surface area contributed by atoms with Gasteiger partial charge in [0.15, 0.2) is 17.0 Å². The van der Waals surface area contributed by atoms with Crippen molar-refractivity contribution in [1.82, 2.24) is 5.32 Å². The number of hydrogen-bond donors (Lipinski definition) is 2. The summed E-state index contributed by atoms with van der Waals surface area (Å²) in [7, 11) is 0. The SMILES string of the molecule is CCC(C)c1ccccc1NC(=O)COC(=O)CNC(=O)c1ccc(Br)o1. The fourth-order valence-corrected chi connectivity index (χ4v) is 2.63. The molecule has 1 aromatic heterocycles. The van der Waals surface area contributed by atoms with Crippen LogP contribution < -0.4 is 10.6 Å². The number of hydrogen-bond acceptors (Lipinski definition) is 5. The van der Waals surface area contributed by atoms with Crippen molar-refractivity contribution in [3.05, 3.63) is 52.4 Å². The fourth-order valence-electron chi connectivity index (χ4n) is 2.32. The normalized spacial score (nSPS) is 11.5. The standard InChI is InChI=1S/C19H21BrN2O5/c1-3-12(2)13-6-4-5-7-14(13)22-17(23)11-26-18(24)10-21-19(25)15-8-9-16(20)27-15/h4-9,12H,3,10-11H2,1-2H3,(H,21,25)(H,22,23). The molecule has 0 aliphatic rings. The summed E-state index contributed by atoms with van der Waals surface area (Å²) in [5, 5.41) is 5.11. The zero-order chi connectivity index (χ0) is 19.8. The molecular weight excluding hydrogens is 416 g/mol. The van der Waals surface area contributed by atoms with Gasteiger partial charge in [-0.25, -0.2) is 0 Å². The van der Waals surface area contributed by atoms with E-state index in [0.717, 1.165) is 12.0 Å². The maximum atomic E-state index is 12.0.